The number of carbonyl (C=O) groups is 2. The number of nitrogens with zero attached hydrogens (tertiary/aromatic N) is 3. The Balaban J connectivity index is 1.79. The second-order valence-corrected chi connectivity index (χ2v) is 5.69. The second-order valence-electron chi connectivity index (χ2n) is 5.69. The molecule has 0 aliphatic rings. The molecule has 138 valence electrons. The Bertz CT molecular complexity index is 830. The van der Waals surface area contributed by atoms with Crippen molar-refractivity contribution in [3.8, 4) is 0 Å². The van der Waals surface area contributed by atoms with E-state index in [1.165, 1.54) is 42.8 Å². The van der Waals surface area contributed by atoms with E-state index in [9.17, 15) is 24.1 Å². The van der Waals surface area contributed by atoms with Crippen LogP contribution in [0.15, 0.2) is 24.3 Å². The number of aryl methyl sites for hydroxylation is 1. The number of carbonyl (C=O) groups excluding carboxylic acids is 2. The van der Waals surface area contributed by atoms with Crippen molar-refractivity contribution in [1.82, 2.24) is 9.78 Å². The van der Waals surface area contributed by atoms with E-state index in [1.807, 2.05) is 0 Å². The summed E-state index contributed by atoms with van der Waals surface area (Å²) in [5.41, 5.74) is 0.775. The smallest absolute Gasteiger partial charge is 0.327 e. The van der Waals surface area contributed by atoms with Gasteiger partial charge in [0.1, 0.15) is 23.7 Å². The number of rotatable bonds is 8. The van der Waals surface area contributed by atoms with Crippen LogP contribution in [0, 0.1) is 29.8 Å². The van der Waals surface area contributed by atoms with Crippen molar-refractivity contribution in [2.45, 2.75) is 33.2 Å². The van der Waals surface area contributed by atoms with Crippen LogP contribution in [0.1, 0.15) is 34.6 Å². The number of ether oxygens (including phenoxy) is 1. The van der Waals surface area contributed by atoms with Crippen LogP contribution < -0.4 is 0 Å². The molecule has 0 N–H and O–H groups in total. The first kappa shape index (κ1) is 19.2. The summed E-state index contributed by atoms with van der Waals surface area (Å²) in [4.78, 5) is 34.1. The molecule has 8 nitrogen and oxygen atoms in total. The Kier molecular flexibility index (Phi) is 6.16. The lowest BCUT2D eigenvalue weighted by Crippen LogP contribution is -2.16. The summed E-state index contributed by atoms with van der Waals surface area (Å²) < 4.78 is 19.1. The van der Waals surface area contributed by atoms with Gasteiger partial charge in [-0.25, -0.2) is 4.39 Å². The third kappa shape index (κ3) is 4.71. The lowest BCUT2D eigenvalue weighted by atomic mass is 10.1. The van der Waals surface area contributed by atoms with Gasteiger partial charge in [-0.05, 0) is 44.5 Å². The summed E-state index contributed by atoms with van der Waals surface area (Å²) in [5, 5.41) is 14.9. The molecule has 1 heterocycles. The molecular weight excluding hydrogens is 345 g/mol. The van der Waals surface area contributed by atoms with Crippen molar-refractivity contribution < 1.29 is 23.6 Å². The van der Waals surface area contributed by atoms with Crippen molar-refractivity contribution in [1.29, 1.82) is 0 Å². The number of benzene rings is 1. The Labute approximate surface area is 148 Å². The first-order valence-electron chi connectivity index (χ1n) is 7.92. The fourth-order valence-corrected chi connectivity index (χ4v) is 2.47. The van der Waals surface area contributed by atoms with Gasteiger partial charge in [0.2, 0.25) is 0 Å². The van der Waals surface area contributed by atoms with Crippen LogP contribution in [0.25, 0.3) is 0 Å². The second kappa shape index (κ2) is 8.32. The first-order valence-corrected chi connectivity index (χ1v) is 7.92. The fourth-order valence-electron chi connectivity index (χ4n) is 2.47. The van der Waals surface area contributed by atoms with Crippen LogP contribution in [-0.2, 0) is 16.1 Å². The first-order chi connectivity index (χ1) is 12.3. The Morgan fingerprint density at radius 1 is 1.27 bits per heavy atom. The van der Waals surface area contributed by atoms with Gasteiger partial charge in [0.25, 0.3) is 0 Å². The maximum atomic E-state index is 12.8. The zero-order chi connectivity index (χ0) is 19.3. The van der Waals surface area contributed by atoms with Gasteiger partial charge in [0, 0.05) is 12.0 Å². The molecule has 0 fully saturated rings. The molecule has 2 rings (SSSR count). The number of halogens is 1. The average Bonchev–Trinajstić information content (AvgIpc) is 2.85. The molecule has 0 saturated heterocycles. The minimum atomic E-state index is -0.597. The van der Waals surface area contributed by atoms with Gasteiger partial charge in [0.15, 0.2) is 5.78 Å². The fraction of sp³-hybridized carbons (Fsp3) is 0.353. The van der Waals surface area contributed by atoms with Crippen LogP contribution in [0.4, 0.5) is 10.1 Å². The van der Waals surface area contributed by atoms with Gasteiger partial charge < -0.3 is 4.74 Å². The monoisotopic (exact) mass is 363 g/mol. The molecule has 1 aromatic carbocycles. The summed E-state index contributed by atoms with van der Waals surface area (Å²) in [6.45, 7) is 2.79. The van der Waals surface area contributed by atoms with E-state index in [1.54, 1.807) is 0 Å². The topological polar surface area (TPSA) is 104 Å². The molecule has 1 aromatic heterocycles. The zero-order valence-electron chi connectivity index (χ0n) is 14.4. The van der Waals surface area contributed by atoms with E-state index < -0.39 is 16.7 Å². The van der Waals surface area contributed by atoms with Gasteiger partial charge in [-0.3, -0.25) is 24.4 Å². The summed E-state index contributed by atoms with van der Waals surface area (Å²) in [6.07, 6.45) is 0.476. The number of aromatic nitrogens is 2. The van der Waals surface area contributed by atoms with Crippen LogP contribution in [0.5, 0.6) is 0 Å². The van der Waals surface area contributed by atoms with E-state index in [0.29, 0.717) is 12.0 Å². The van der Waals surface area contributed by atoms with Gasteiger partial charge in [-0.1, -0.05) is 0 Å². The highest BCUT2D eigenvalue weighted by Gasteiger charge is 2.23. The lowest BCUT2D eigenvalue weighted by Gasteiger charge is -2.06. The van der Waals surface area contributed by atoms with Gasteiger partial charge in [-0.15, -0.1) is 0 Å². The number of nitro groups is 1. The SMILES string of the molecule is Cc1nn(CC(=O)OCCCC(=O)c2ccc(F)cc2)c(C)c1[N+](=O)[O-]. The number of hydrogen-bond donors (Lipinski definition) is 0. The maximum Gasteiger partial charge on any atom is 0.327 e. The van der Waals surface area contributed by atoms with Crippen molar-refractivity contribution in [2.75, 3.05) is 6.61 Å². The third-order valence-corrected chi connectivity index (χ3v) is 3.78. The predicted molar refractivity (Wildman–Crippen MR) is 89.3 cm³/mol. The highest BCUT2D eigenvalue weighted by Crippen LogP contribution is 2.21. The van der Waals surface area contributed by atoms with Gasteiger partial charge in [-0.2, -0.15) is 5.10 Å². The molecule has 0 amide bonds. The van der Waals surface area contributed by atoms with E-state index >= 15 is 0 Å². The third-order valence-electron chi connectivity index (χ3n) is 3.78. The van der Waals surface area contributed by atoms with Gasteiger partial charge >= 0.3 is 11.7 Å². The van der Waals surface area contributed by atoms with Crippen molar-refractivity contribution >= 4 is 17.4 Å². The molecule has 0 radical (unpaired) electrons. The highest BCUT2D eigenvalue weighted by molar-refractivity contribution is 5.95. The lowest BCUT2D eigenvalue weighted by molar-refractivity contribution is -0.386. The normalized spacial score (nSPS) is 10.6. The van der Waals surface area contributed by atoms with Crippen molar-refractivity contribution in [2.24, 2.45) is 0 Å². The van der Waals surface area contributed by atoms with E-state index in [4.69, 9.17) is 4.74 Å². The quantitative estimate of drug-likeness (QED) is 0.235. The van der Waals surface area contributed by atoms with E-state index in [2.05, 4.69) is 5.10 Å². The molecule has 0 aliphatic heterocycles. The molecule has 0 bridgehead atoms. The number of esters is 1. The molecule has 0 atom stereocenters. The Hall–Kier alpha value is -3.10. The maximum absolute atomic E-state index is 12.8. The minimum Gasteiger partial charge on any atom is -0.464 e. The Morgan fingerprint density at radius 2 is 1.92 bits per heavy atom. The zero-order valence-corrected chi connectivity index (χ0v) is 14.4. The van der Waals surface area contributed by atoms with Crippen molar-refractivity contribution in [3.05, 3.63) is 57.1 Å². The highest BCUT2D eigenvalue weighted by atomic mass is 19.1. The summed E-state index contributed by atoms with van der Waals surface area (Å²) in [5.74, 6) is -1.19. The largest absolute Gasteiger partial charge is 0.464 e. The number of hydrogen-bond acceptors (Lipinski definition) is 6. The number of Topliss-reactive ketones (excluding diaryl/α,β-unsaturated/α-hetero) is 1. The van der Waals surface area contributed by atoms with E-state index in [-0.39, 0.29) is 42.4 Å². The molecule has 0 saturated carbocycles. The molecule has 2 aromatic rings. The van der Waals surface area contributed by atoms with Crippen LogP contribution in [-0.4, -0.2) is 33.1 Å². The van der Waals surface area contributed by atoms with E-state index in [0.717, 1.165) is 0 Å². The van der Waals surface area contributed by atoms with Crippen LogP contribution >= 0.6 is 0 Å². The molecular formula is C17H18FN3O5. The minimum absolute atomic E-state index is 0.0349. The van der Waals surface area contributed by atoms with Crippen LogP contribution in [0.3, 0.4) is 0 Å². The van der Waals surface area contributed by atoms with Crippen molar-refractivity contribution in [3.63, 3.8) is 0 Å². The Morgan fingerprint density at radius 3 is 2.50 bits per heavy atom. The molecule has 9 heteroatoms. The predicted octanol–water partition coefficient (Wildman–Crippen LogP) is 2.75. The van der Waals surface area contributed by atoms with Gasteiger partial charge in [0.05, 0.1) is 11.5 Å². The summed E-state index contributed by atoms with van der Waals surface area (Å²) >= 11 is 0. The molecule has 0 unspecified atom stereocenters. The molecule has 0 spiro atoms. The standard InChI is InChI=1S/C17H18FN3O5/c1-11-17(21(24)25)12(2)20(19-11)10-16(23)26-9-3-4-15(22)13-5-7-14(18)8-6-13/h5-8H,3-4,9-10H2,1-2H3. The summed E-state index contributed by atoms with van der Waals surface area (Å²) in [7, 11) is 0. The molecule has 0 aliphatic carbocycles. The molecule has 26 heavy (non-hydrogen) atoms. The van der Waals surface area contributed by atoms with Crippen LogP contribution in [0.2, 0.25) is 0 Å². The average molecular weight is 363 g/mol. The number of ketones is 1. The summed E-state index contributed by atoms with van der Waals surface area (Å²) in [6, 6.07) is 5.22.